The third kappa shape index (κ3) is 6.99. The number of hydrogen-bond donors (Lipinski definition) is 3. The second kappa shape index (κ2) is 11.8. The van der Waals surface area contributed by atoms with Gasteiger partial charge in [0.25, 0.3) is 0 Å². The van der Waals surface area contributed by atoms with E-state index in [0.717, 1.165) is 32.1 Å². The van der Waals surface area contributed by atoms with Crippen molar-refractivity contribution in [3.63, 3.8) is 0 Å². The first-order chi connectivity index (χ1) is 12.5. The molecule has 0 spiro atoms. The van der Waals surface area contributed by atoms with Crippen LogP contribution in [0.2, 0.25) is 0 Å². The van der Waals surface area contributed by atoms with Gasteiger partial charge in [-0.15, -0.1) is 12.4 Å². The summed E-state index contributed by atoms with van der Waals surface area (Å²) in [6.07, 6.45) is 4.41. The van der Waals surface area contributed by atoms with Crippen molar-refractivity contribution in [3.05, 3.63) is 30.1 Å². The van der Waals surface area contributed by atoms with Crippen molar-refractivity contribution < 1.29 is 14.0 Å². The maximum atomic E-state index is 13.7. The lowest BCUT2D eigenvalue weighted by molar-refractivity contribution is -0.127. The Morgan fingerprint density at radius 3 is 2.78 bits per heavy atom. The fraction of sp³-hybridized carbons (Fsp3) is 0.579. The van der Waals surface area contributed by atoms with Gasteiger partial charge in [0.1, 0.15) is 5.82 Å². The van der Waals surface area contributed by atoms with Crippen LogP contribution in [0.1, 0.15) is 39.0 Å². The van der Waals surface area contributed by atoms with Gasteiger partial charge in [0, 0.05) is 25.7 Å². The number of likely N-dealkylation sites (tertiary alicyclic amines) is 1. The largest absolute Gasteiger partial charge is 0.352 e. The predicted octanol–water partition coefficient (Wildman–Crippen LogP) is 3.13. The molecule has 1 aliphatic heterocycles. The Balaban J connectivity index is 0.00000364. The number of carbonyl (C=O) groups excluding carboxylic acids is 2. The van der Waals surface area contributed by atoms with E-state index < -0.39 is 5.82 Å². The third-order valence-corrected chi connectivity index (χ3v) is 4.73. The highest BCUT2D eigenvalue weighted by Gasteiger charge is 2.29. The number of amides is 3. The topological polar surface area (TPSA) is 87.5 Å². The lowest BCUT2D eigenvalue weighted by Gasteiger charge is -2.33. The zero-order chi connectivity index (χ0) is 18.9. The number of piperidine rings is 1. The van der Waals surface area contributed by atoms with E-state index in [0.29, 0.717) is 19.6 Å². The van der Waals surface area contributed by atoms with Crippen LogP contribution in [-0.4, -0.2) is 42.5 Å². The molecule has 2 rings (SSSR count). The van der Waals surface area contributed by atoms with Crippen molar-refractivity contribution in [1.82, 2.24) is 10.2 Å². The number of carbonyl (C=O) groups is 2. The Morgan fingerprint density at radius 2 is 2.11 bits per heavy atom. The highest BCUT2D eigenvalue weighted by molar-refractivity contribution is 5.90. The number of benzene rings is 1. The molecule has 2 unspecified atom stereocenters. The number of anilines is 1. The van der Waals surface area contributed by atoms with Gasteiger partial charge in [-0.3, -0.25) is 4.79 Å². The maximum Gasteiger partial charge on any atom is 0.321 e. The molecule has 0 bridgehead atoms. The summed E-state index contributed by atoms with van der Waals surface area (Å²) in [5.41, 5.74) is 5.89. The zero-order valence-corrected chi connectivity index (χ0v) is 16.6. The molecule has 1 heterocycles. The molecule has 0 aromatic heterocycles. The molecule has 4 N–H and O–H groups in total. The summed E-state index contributed by atoms with van der Waals surface area (Å²) in [6.45, 7) is 3.40. The van der Waals surface area contributed by atoms with Gasteiger partial charge in [0.2, 0.25) is 5.91 Å². The quantitative estimate of drug-likeness (QED) is 0.657. The van der Waals surface area contributed by atoms with Crippen LogP contribution in [0.25, 0.3) is 0 Å². The van der Waals surface area contributed by atoms with Gasteiger partial charge in [-0.05, 0) is 31.4 Å². The number of hydrogen-bond acceptors (Lipinski definition) is 3. The predicted molar refractivity (Wildman–Crippen MR) is 107 cm³/mol. The molecule has 27 heavy (non-hydrogen) atoms. The Morgan fingerprint density at radius 1 is 1.37 bits per heavy atom. The number of urea groups is 1. The van der Waals surface area contributed by atoms with Crippen LogP contribution in [-0.2, 0) is 4.79 Å². The Kier molecular flexibility index (Phi) is 10.1. The van der Waals surface area contributed by atoms with Gasteiger partial charge in [0.05, 0.1) is 11.6 Å². The number of rotatable bonds is 7. The molecule has 2 atom stereocenters. The number of para-hydroxylation sites is 1. The SMILES string of the molecule is CCCCC(CN)NC(=O)C1CCCN(C(=O)Nc2ccccc2F)C1.Cl. The zero-order valence-electron chi connectivity index (χ0n) is 15.7. The summed E-state index contributed by atoms with van der Waals surface area (Å²) >= 11 is 0. The van der Waals surface area contributed by atoms with Crippen molar-refractivity contribution in [2.75, 3.05) is 25.0 Å². The molecular formula is C19H30ClFN4O2. The molecule has 3 amide bonds. The fourth-order valence-corrected chi connectivity index (χ4v) is 3.15. The smallest absolute Gasteiger partial charge is 0.321 e. The van der Waals surface area contributed by atoms with Gasteiger partial charge in [-0.2, -0.15) is 0 Å². The van der Waals surface area contributed by atoms with E-state index in [1.807, 2.05) is 0 Å². The lowest BCUT2D eigenvalue weighted by atomic mass is 9.96. The second-order valence-corrected chi connectivity index (χ2v) is 6.78. The van der Waals surface area contributed by atoms with Crippen LogP contribution in [0.3, 0.4) is 0 Å². The first-order valence-electron chi connectivity index (χ1n) is 9.36. The highest BCUT2D eigenvalue weighted by atomic mass is 35.5. The number of halogens is 2. The standard InChI is InChI=1S/C19H29FN4O2.ClH/c1-2-3-8-15(12-21)22-18(25)14-7-6-11-24(13-14)19(26)23-17-10-5-4-9-16(17)20;/h4-5,9-10,14-15H,2-3,6-8,11-13,21H2,1H3,(H,22,25)(H,23,26);1H. The van der Waals surface area contributed by atoms with Gasteiger partial charge < -0.3 is 21.3 Å². The molecule has 6 nitrogen and oxygen atoms in total. The summed E-state index contributed by atoms with van der Waals surface area (Å²) in [4.78, 5) is 26.5. The van der Waals surface area contributed by atoms with Gasteiger partial charge in [-0.1, -0.05) is 31.9 Å². The molecule has 1 aromatic rings. The summed E-state index contributed by atoms with van der Waals surface area (Å²) in [7, 11) is 0. The lowest BCUT2D eigenvalue weighted by Crippen LogP contribution is -2.49. The van der Waals surface area contributed by atoms with Gasteiger partial charge in [-0.25, -0.2) is 9.18 Å². The maximum absolute atomic E-state index is 13.7. The number of nitrogens with zero attached hydrogens (tertiary/aromatic N) is 1. The van der Waals surface area contributed by atoms with Crippen LogP contribution in [0, 0.1) is 11.7 Å². The summed E-state index contributed by atoms with van der Waals surface area (Å²) in [6, 6.07) is 5.64. The van der Waals surface area contributed by atoms with Crippen molar-refractivity contribution >= 4 is 30.0 Å². The van der Waals surface area contributed by atoms with Crippen molar-refractivity contribution in [3.8, 4) is 0 Å². The minimum atomic E-state index is -0.478. The average Bonchev–Trinajstić information content (AvgIpc) is 2.66. The summed E-state index contributed by atoms with van der Waals surface area (Å²) in [5, 5.41) is 5.59. The van der Waals surface area contributed by atoms with Crippen molar-refractivity contribution in [1.29, 1.82) is 0 Å². The van der Waals surface area contributed by atoms with E-state index in [1.54, 1.807) is 17.0 Å². The molecule has 0 aliphatic carbocycles. The molecule has 0 saturated carbocycles. The molecule has 1 fully saturated rings. The van der Waals surface area contributed by atoms with E-state index in [9.17, 15) is 14.0 Å². The van der Waals surface area contributed by atoms with Crippen LogP contribution in [0.5, 0.6) is 0 Å². The Bertz CT molecular complexity index is 617. The Hall–Kier alpha value is -1.86. The number of nitrogens with one attached hydrogen (secondary N) is 2. The van der Waals surface area contributed by atoms with E-state index in [4.69, 9.17) is 5.73 Å². The highest BCUT2D eigenvalue weighted by Crippen LogP contribution is 2.19. The fourth-order valence-electron chi connectivity index (χ4n) is 3.15. The molecular weight excluding hydrogens is 371 g/mol. The summed E-state index contributed by atoms with van der Waals surface area (Å²) in [5.74, 6) is -0.792. The van der Waals surface area contributed by atoms with E-state index in [2.05, 4.69) is 17.6 Å². The molecule has 8 heteroatoms. The first kappa shape index (κ1) is 23.2. The second-order valence-electron chi connectivity index (χ2n) is 6.78. The molecule has 1 aliphatic rings. The normalized spacial score (nSPS) is 17.6. The van der Waals surface area contributed by atoms with Crippen molar-refractivity contribution in [2.24, 2.45) is 11.7 Å². The van der Waals surface area contributed by atoms with E-state index >= 15 is 0 Å². The molecule has 1 saturated heterocycles. The van der Waals surface area contributed by atoms with E-state index in [-0.39, 0.29) is 42.0 Å². The first-order valence-corrected chi connectivity index (χ1v) is 9.36. The van der Waals surface area contributed by atoms with Crippen LogP contribution in [0.15, 0.2) is 24.3 Å². The van der Waals surface area contributed by atoms with E-state index in [1.165, 1.54) is 12.1 Å². The van der Waals surface area contributed by atoms with Gasteiger partial charge >= 0.3 is 6.03 Å². The number of nitrogens with two attached hydrogens (primary N) is 1. The molecule has 152 valence electrons. The average molecular weight is 401 g/mol. The van der Waals surface area contributed by atoms with Crippen LogP contribution in [0.4, 0.5) is 14.9 Å². The minimum absolute atomic E-state index is 0. The molecule has 0 radical (unpaired) electrons. The summed E-state index contributed by atoms with van der Waals surface area (Å²) < 4.78 is 13.7. The monoisotopic (exact) mass is 400 g/mol. The third-order valence-electron chi connectivity index (χ3n) is 4.73. The molecule has 1 aromatic carbocycles. The number of unbranched alkanes of at least 4 members (excludes halogenated alkanes) is 1. The minimum Gasteiger partial charge on any atom is -0.352 e. The van der Waals surface area contributed by atoms with Crippen LogP contribution >= 0.6 is 12.4 Å². The van der Waals surface area contributed by atoms with Gasteiger partial charge in [0.15, 0.2) is 0 Å². The van der Waals surface area contributed by atoms with Crippen molar-refractivity contribution in [2.45, 2.75) is 45.1 Å². The van der Waals surface area contributed by atoms with Crippen LogP contribution < -0.4 is 16.4 Å². The Labute approximate surface area is 166 Å².